The molecule has 5 rings (SSSR count). The number of carboxylic acid groups (broad SMARTS) is 1. The van der Waals surface area contributed by atoms with Crippen molar-refractivity contribution in [3.8, 4) is 0 Å². The molecule has 0 fully saturated rings. The van der Waals surface area contributed by atoms with Gasteiger partial charge in [-0.2, -0.15) is 0 Å². The average molecular weight is 308 g/mol. The molecule has 0 aromatic heterocycles. The Kier molecular flexibility index (Phi) is 3.01. The molecular formula is C19H16O4. The van der Waals surface area contributed by atoms with Crippen LogP contribution < -0.4 is 0 Å². The van der Waals surface area contributed by atoms with E-state index >= 15 is 0 Å². The molecule has 4 heteroatoms. The lowest BCUT2D eigenvalue weighted by Crippen LogP contribution is -2.47. The van der Waals surface area contributed by atoms with E-state index in [1.54, 1.807) is 0 Å². The molecule has 116 valence electrons. The fraction of sp³-hybridized carbons (Fsp3) is 0.263. The van der Waals surface area contributed by atoms with E-state index in [1.807, 2.05) is 48.5 Å². The lowest BCUT2D eigenvalue weighted by Gasteiger charge is -2.47. The van der Waals surface area contributed by atoms with Crippen molar-refractivity contribution in [1.82, 2.24) is 0 Å². The summed E-state index contributed by atoms with van der Waals surface area (Å²) >= 11 is 0. The lowest BCUT2D eigenvalue weighted by molar-refractivity contribution is -0.158. The molecule has 23 heavy (non-hydrogen) atoms. The highest BCUT2D eigenvalue weighted by Crippen LogP contribution is 2.58. The summed E-state index contributed by atoms with van der Waals surface area (Å²) < 4.78 is 4.95. The van der Waals surface area contributed by atoms with Gasteiger partial charge in [-0.25, -0.2) is 0 Å². The third-order valence-electron chi connectivity index (χ3n) is 5.20. The molecule has 2 atom stereocenters. The van der Waals surface area contributed by atoms with E-state index in [9.17, 15) is 14.7 Å². The number of fused-ring (bicyclic) bond motifs is 1. The second kappa shape index (κ2) is 4.95. The van der Waals surface area contributed by atoms with Crippen molar-refractivity contribution in [2.24, 2.45) is 11.8 Å². The van der Waals surface area contributed by atoms with Crippen LogP contribution in [0.5, 0.6) is 0 Å². The zero-order valence-electron chi connectivity index (χ0n) is 12.6. The molecule has 0 radical (unpaired) electrons. The predicted molar refractivity (Wildman–Crippen MR) is 83.2 cm³/mol. The van der Waals surface area contributed by atoms with E-state index < -0.39 is 23.8 Å². The molecule has 3 aliphatic rings. The van der Waals surface area contributed by atoms with Crippen LogP contribution in [-0.4, -0.2) is 24.2 Å². The van der Waals surface area contributed by atoms with E-state index in [1.165, 1.54) is 7.11 Å². The number of ether oxygens (including phenoxy) is 1. The van der Waals surface area contributed by atoms with Gasteiger partial charge in [-0.1, -0.05) is 48.5 Å². The van der Waals surface area contributed by atoms with Crippen molar-refractivity contribution >= 4 is 11.9 Å². The fourth-order valence-electron chi connectivity index (χ4n) is 4.39. The van der Waals surface area contributed by atoms with Crippen LogP contribution in [0.15, 0.2) is 48.5 Å². The Balaban J connectivity index is 2.03. The van der Waals surface area contributed by atoms with Gasteiger partial charge in [0.15, 0.2) is 0 Å². The van der Waals surface area contributed by atoms with Crippen LogP contribution in [0.25, 0.3) is 0 Å². The maximum Gasteiger partial charge on any atom is 0.310 e. The molecule has 3 aliphatic carbocycles. The van der Waals surface area contributed by atoms with Crippen LogP contribution in [0.4, 0.5) is 0 Å². The number of hydrogen-bond acceptors (Lipinski definition) is 3. The molecule has 2 aromatic rings. The summed E-state index contributed by atoms with van der Waals surface area (Å²) in [4.78, 5) is 24.4. The lowest BCUT2D eigenvalue weighted by atomic mass is 9.54. The Bertz CT molecular complexity index is 763. The fourth-order valence-corrected chi connectivity index (χ4v) is 4.39. The van der Waals surface area contributed by atoms with Crippen LogP contribution >= 0.6 is 0 Å². The molecule has 2 aromatic carbocycles. The van der Waals surface area contributed by atoms with E-state index in [0.29, 0.717) is 0 Å². The first-order chi connectivity index (χ1) is 11.1. The normalized spacial score (nSPS) is 27.0. The molecular weight excluding hydrogens is 292 g/mol. The number of hydrogen-bond donors (Lipinski definition) is 1. The maximum absolute atomic E-state index is 12.4. The molecule has 0 saturated carbocycles. The van der Waals surface area contributed by atoms with Crippen LogP contribution in [0.1, 0.15) is 34.1 Å². The van der Waals surface area contributed by atoms with Gasteiger partial charge in [0.05, 0.1) is 18.9 Å². The van der Waals surface area contributed by atoms with Crippen molar-refractivity contribution in [2.75, 3.05) is 7.11 Å². The van der Waals surface area contributed by atoms with Gasteiger partial charge in [0, 0.05) is 11.8 Å². The van der Waals surface area contributed by atoms with Gasteiger partial charge in [-0.15, -0.1) is 0 Å². The zero-order valence-corrected chi connectivity index (χ0v) is 12.6. The summed E-state index contributed by atoms with van der Waals surface area (Å²) in [7, 11) is 1.32. The van der Waals surface area contributed by atoms with Crippen molar-refractivity contribution < 1.29 is 19.4 Å². The number of carboxylic acids is 1. The smallest absolute Gasteiger partial charge is 0.310 e. The highest BCUT2D eigenvalue weighted by Gasteiger charge is 2.55. The van der Waals surface area contributed by atoms with Gasteiger partial charge in [0.25, 0.3) is 0 Å². The van der Waals surface area contributed by atoms with Gasteiger partial charge in [0.1, 0.15) is 0 Å². The molecule has 0 unspecified atom stereocenters. The van der Waals surface area contributed by atoms with Crippen molar-refractivity contribution in [3.05, 3.63) is 70.8 Å². The Hall–Kier alpha value is -2.62. The minimum absolute atomic E-state index is 0.263. The number of aliphatic carboxylic acids is 1. The summed E-state index contributed by atoms with van der Waals surface area (Å²) in [6.07, 6.45) is 0. The van der Waals surface area contributed by atoms with Gasteiger partial charge in [-0.3, -0.25) is 9.59 Å². The number of rotatable bonds is 2. The summed E-state index contributed by atoms with van der Waals surface area (Å²) in [5, 5.41) is 9.82. The number of carbonyl (C=O) groups excluding carboxylic acids is 1. The number of carbonyl (C=O) groups is 2. The SMILES string of the molecule is COC(=O)[C@H]1C2c3ccccc3C(c3ccccc32)[C@@H]1C(=O)O. The maximum atomic E-state index is 12.4. The topological polar surface area (TPSA) is 63.6 Å². The van der Waals surface area contributed by atoms with Crippen LogP contribution in [-0.2, 0) is 14.3 Å². The van der Waals surface area contributed by atoms with Crippen LogP contribution in [0.3, 0.4) is 0 Å². The standard InChI is InChI=1S/C19H16O4/c1-23-19(22)17-15-12-8-4-2-6-10(12)14(16(17)18(20)21)11-7-3-5-9-13(11)15/h2-9,14-17H,1H3,(H,20,21)/t14?,15?,16-,17-/m0/s1. The zero-order chi connectivity index (χ0) is 16.1. The van der Waals surface area contributed by atoms with Crippen LogP contribution in [0, 0.1) is 11.8 Å². The number of benzene rings is 2. The number of esters is 1. The Morgan fingerprint density at radius 1 is 0.826 bits per heavy atom. The molecule has 0 amide bonds. The predicted octanol–water partition coefficient (Wildman–Crippen LogP) is 2.77. The molecule has 1 N–H and O–H groups in total. The van der Waals surface area contributed by atoms with E-state index in [4.69, 9.17) is 4.74 Å². The van der Waals surface area contributed by atoms with E-state index in [-0.39, 0.29) is 11.8 Å². The average Bonchev–Trinajstić information content (AvgIpc) is 2.60. The first-order valence-corrected chi connectivity index (χ1v) is 7.63. The van der Waals surface area contributed by atoms with Crippen molar-refractivity contribution in [3.63, 3.8) is 0 Å². The van der Waals surface area contributed by atoms with Gasteiger partial charge < -0.3 is 9.84 Å². The second-order valence-corrected chi connectivity index (χ2v) is 6.13. The molecule has 0 heterocycles. The number of methoxy groups -OCH3 is 1. The van der Waals surface area contributed by atoms with E-state index in [2.05, 4.69) is 0 Å². The summed E-state index contributed by atoms with van der Waals surface area (Å²) in [6, 6.07) is 15.7. The summed E-state index contributed by atoms with van der Waals surface area (Å²) in [5.41, 5.74) is 4.13. The van der Waals surface area contributed by atoms with Crippen molar-refractivity contribution in [1.29, 1.82) is 0 Å². The molecule has 0 spiro atoms. The largest absolute Gasteiger partial charge is 0.481 e. The Labute approximate surface area is 133 Å². The minimum Gasteiger partial charge on any atom is -0.481 e. The molecule has 0 aliphatic heterocycles. The van der Waals surface area contributed by atoms with Gasteiger partial charge >= 0.3 is 11.9 Å². The second-order valence-electron chi connectivity index (χ2n) is 6.13. The van der Waals surface area contributed by atoms with E-state index in [0.717, 1.165) is 22.3 Å². The van der Waals surface area contributed by atoms with Crippen molar-refractivity contribution in [2.45, 2.75) is 11.8 Å². The van der Waals surface area contributed by atoms with Gasteiger partial charge in [0.2, 0.25) is 0 Å². The van der Waals surface area contributed by atoms with Gasteiger partial charge in [-0.05, 0) is 22.3 Å². The third-order valence-corrected chi connectivity index (χ3v) is 5.20. The summed E-state index contributed by atoms with van der Waals surface area (Å²) in [5.74, 6) is -3.45. The third kappa shape index (κ3) is 1.78. The molecule has 2 bridgehead atoms. The molecule has 0 saturated heterocycles. The first kappa shape index (κ1) is 14.0. The monoisotopic (exact) mass is 308 g/mol. The summed E-state index contributed by atoms with van der Waals surface area (Å²) in [6.45, 7) is 0. The Morgan fingerprint density at radius 2 is 1.22 bits per heavy atom. The highest BCUT2D eigenvalue weighted by atomic mass is 16.5. The molecule has 4 nitrogen and oxygen atoms in total. The Morgan fingerprint density at radius 3 is 1.57 bits per heavy atom. The quantitative estimate of drug-likeness (QED) is 0.867. The minimum atomic E-state index is -0.945. The first-order valence-electron chi connectivity index (χ1n) is 7.63. The highest BCUT2D eigenvalue weighted by molar-refractivity contribution is 5.87. The van der Waals surface area contributed by atoms with Crippen LogP contribution in [0.2, 0.25) is 0 Å².